The lowest BCUT2D eigenvalue weighted by Gasteiger charge is -2.29. The summed E-state index contributed by atoms with van der Waals surface area (Å²) in [7, 11) is 1.63. The maximum Gasteiger partial charge on any atom is 0.322 e. The van der Waals surface area contributed by atoms with Crippen LogP contribution in [0.25, 0.3) is 0 Å². The van der Waals surface area contributed by atoms with E-state index in [9.17, 15) is 4.79 Å². The number of ether oxygens (including phenoxy) is 1. The molecule has 0 spiro atoms. The molecule has 1 atom stereocenters. The molecule has 0 aliphatic carbocycles. The average molecular weight is 344 g/mol. The van der Waals surface area contributed by atoms with Crippen LogP contribution >= 0.6 is 11.3 Å². The van der Waals surface area contributed by atoms with E-state index in [1.54, 1.807) is 18.4 Å². The monoisotopic (exact) mass is 344 g/mol. The number of carbonyl (C=O) groups excluding carboxylic acids is 1. The molecule has 2 aromatic rings. The first-order chi connectivity index (χ1) is 11.7. The van der Waals surface area contributed by atoms with Gasteiger partial charge in [0.1, 0.15) is 5.75 Å². The number of anilines is 1. The quantitative estimate of drug-likeness (QED) is 0.830. The molecule has 0 radical (unpaired) electrons. The fraction of sp³-hybridized carbons (Fsp3) is 0.421. The third kappa shape index (κ3) is 3.90. The normalized spacial score (nSPS) is 18.1. The van der Waals surface area contributed by atoms with Gasteiger partial charge < -0.3 is 15.0 Å². The van der Waals surface area contributed by atoms with Crippen LogP contribution in [0.1, 0.15) is 41.5 Å². The van der Waals surface area contributed by atoms with Crippen molar-refractivity contribution < 1.29 is 9.53 Å². The Balaban J connectivity index is 1.79. The lowest BCUT2D eigenvalue weighted by molar-refractivity contribution is 0.190. The standard InChI is InChI=1S/C19H24N2O2S/c1-14-10-11-18(24-14)17-9-4-3-5-12-21(17)19(22)20-15-7-6-8-16(13-15)23-2/h6-8,10-11,13,17H,3-5,9,12H2,1-2H3,(H,20,22). The Morgan fingerprint density at radius 1 is 1.25 bits per heavy atom. The van der Waals surface area contributed by atoms with Gasteiger partial charge in [-0.15, -0.1) is 11.3 Å². The first kappa shape index (κ1) is 16.8. The zero-order valence-electron chi connectivity index (χ0n) is 14.2. The van der Waals surface area contributed by atoms with Crippen LogP contribution in [-0.2, 0) is 0 Å². The van der Waals surface area contributed by atoms with Gasteiger partial charge in [-0.3, -0.25) is 0 Å². The number of hydrogen-bond acceptors (Lipinski definition) is 3. The zero-order chi connectivity index (χ0) is 16.9. The highest BCUT2D eigenvalue weighted by atomic mass is 32.1. The van der Waals surface area contributed by atoms with Crippen LogP contribution in [0.3, 0.4) is 0 Å². The van der Waals surface area contributed by atoms with Crippen LogP contribution in [0.2, 0.25) is 0 Å². The number of urea groups is 1. The number of rotatable bonds is 3. The number of amides is 2. The van der Waals surface area contributed by atoms with Crippen molar-refractivity contribution in [3.8, 4) is 5.75 Å². The molecule has 3 rings (SSSR count). The molecule has 2 heterocycles. The van der Waals surface area contributed by atoms with Gasteiger partial charge in [-0.1, -0.05) is 18.9 Å². The van der Waals surface area contributed by atoms with Crippen LogP contribution in [0.15, 0.2) is 36.4 Å². The summed E-state index contributed by atoms with van der Waals surface area (Å²) in [6.07, 6.45) is 4.45. The molecule has 1 aromatic carbocycles. The number of nitrogens with one attached hydrogen (secondary N) is 1. The van der Waals surface area contributed by atoms with Crippen LogP contribution in [0.4, 0.5) is 10.5 Å². The fourth-order valence-electron chi connectivity index (χ4n) is 3.18. The number of benzene rings is 1. The summed E-state index contributed by atoms with van der Waals surface area (Å²) in [6.45, 7) is 2.92. The number of methoxy groups -OCH3 is 1. The van der Waals surface area contributed by atoms with E-state index in [4.69, 9.17) is 4.74 Å². The van der Waals surface area contributed by atoms with E-state index in [1.165, 1.54) is 22.6 Å². The third-order valence-corrected chi connectivity index (χ3v) is 5.53. The largest absolute Gasteiger partial charge is 0.497 e. The molecule has 1 aliphatic heterocycles. The Labute approximate surface area is 147 Å². The smallest absolute Gasteiger partial charge is 0.322 e. The van der Waals surface area contributed by atoms with Gasteiger partial charge in [0.05, 0.1) is 13.2 Å². The van der Waals surface area contributed by atoms with Gasteiger partial charge in [-0.2, -0.15) is 0 Å². The highest BCUT2D eigenvalue weighted by molar-refractivity contribution is 7.12. The molecule has 1 fully saturated rings. The van der Waals surface area contributed by atoms with E-state index < -0.39 is 0 Å². The molecule has 4 nitrogen and oxygen atoms in total. The number of carbonyl (C=O) groups is 1. The van der Waals surface area contributed by atoms with Gasteiger partial charge in [0.15, 0.2) is 0 Å². The summed E-state index contributed by atoms with van der Waals surface area (Å²) in [5, 5.41) is 3.03. The van der Waals surface area contributed by atoms with Gasteiger partial charge in [0.2, 0.25) is 0 Å². The lowest BCUT2D eigenvalue weighted by atomic mass is 10.1. The molecule has 1 aliphatic rings. The number of thiophene rings is 1. The second kappa shape index (κ2) is 7.71. The van der Waals surface area contributed by atoms with Crippen LogP contribution < -0.4 is 10.1 Å². The summed E-state index contributed by atoms with van der Waals surface area (Å²) >= 11 is 1.80. The molecular weight excluding hydrogens is 320 g/mol. The Kier molecular flexibility index (Phi) is 5.41. The van der Waals surface area contributed by atoms with E-state index in [1.807, 2.05) is 29.2 Å². The highest BCUT2D eigenvalue weighted by Gasteiger charge is 2.27. The summed E-state index contributed by atoms with van der Waals surface area (Å²) in [5.74, 6) is 0.745. The predicted molar refractivity (Wildman–Crippen MR) is 99.0 cm³/mol. The van der Waals surface area contributed by atoms with Crippen LogP contribution in [0.5, 0.6) is 5.75 Å². The Bertz CT molecular complexity index is 698. The van der Waals surface area contributed by atoms with Crippen LogP contribution in [0, 0.1) is 6.92 Å². The van der Waals surface area contributed by atoms with E-state index in [-0.39, 0.29) is 12.1 Å². The second-order valence-corrected chi connectivity index (χ2v) is 7.49. The minimum Gasteiger partial charge on any atom is -0.497 e. The molecule has 0 bridgehead atoms. The van der Waals surface area contributed by atoms with Crippen molar-refractivity contribution in [2.24, 2.45) is 0 Å². The fourth-order valence-corrected chi connectivity index (χ4v) is 4.20. The SMILES string of the molecule is COc1cccc(NC(=O)N2CCCCCC2c2ccc(C)s2)c1. The zero-order valence-corrected chi connectivity index (χ0v) is 15.1. The minimum absolute atomic E-state index is 0.0267. The van der Waals surface area contributed by atoms with E-state index in [2.05, 4.69) is 24.4 Å². The van der Waals surface area contributed by atoms with Gasteiger partial charge in [0, 0.05) is 28.1 Å². The van der Waals surface area contributed by atoms with E-state index in [0.29, 0.717) is 0 Å². The van der Waals surface area contributed by atoms with Gasteiger partial charge in [-0.05, 0) is 44.0 Å². The second-order valence-electron chi connectivity index (χ2n) is 6.17. The Morgan fingerprint density at radius 3 is 2.88 bits per heavy atom. The van der Waals surface area contributed by atoms with Gasteiger partial charge >= 0.3 is 6.03 Å². The molecule has 1 unspecified atom stereocenters. The Hall–Kier alpha value is -2.01. The molecule has 1 aromatic heterocycles. The molecular formula is C19H24N2O2S. The van der Waals surface area contributed by atoms with Crippen molar-refractivity contribution in [2.75, 3.05) is 19.0 Å². The van der Waals surface area contributed by atoms with E-state index >= 15 is 0 Å². The summed E-state index contributed by atoms with van der Waals surface area (Å²) in [5.41, 5.74) is 0.768. The van der Waals surface area contributed by atoms with Gasteiger partial charge in [-0.25, -0.2) is 4.79 Å². The minimum atomic E-state index is -0.0267. The molecule has 1 saturated heterocycles. The van der Waals surface area contributed by atoms with Crippen molar-refractivity contribution in [1.29, 1.82) is 0 Å². The van der Waals surface area contributed by atoms with Gasteiger partial charge in [0.25, 0.3) is 0 Å². The molecule has 128 valence electrons. The van der Waals surface area contributed by atoms with Crippen LogP contribution in [-0.4, -0.2) is 24.6 Å². The number of nitrogens with zero attached hydrogens (tertiary/aromatic N) is 1. The topological polar surface area (TPSA) is 41.6 Å². The van der Waals surface area contributed by atoms with Crippen molar-refractivity contribution in [1.82, 2.24) is 4.90 Å². The average Bonchev–Trinajstić information content (AvgIpc) is 2.87. The summed E-state index contributed by atoms with van der Waals surface area (Å²) < 4.78 is 5.23. The van der Waals surface area contributed by atoms with Crippen molar-refractivity contribution >= 4 is 23.1 Å². The molecule has 5 heteroatoms. The number of aryl methyl sites for hydroxylation is 1. The molecule has 2 amide bonds. The summed E-state index contributed by atoms with van der Waals surface area (Å²) in [6, 6.07) is 12.0. The van der Waals surface area contributed by atoms with Crippen molar-refractivity contribution in [2.45, 2.75) is 38.6 Å². The van der Waals surface area contributed by atoms with Crippen molar-refractivity contribution in [3.05, 3.63) is 46.2 Å². The predicted octanol–water partition coefficient (Wildman–Crippen LogP) is 5.21. The first-order valence-corrected chi connectivity index (χ1v) is 9.27. The highest BCUT2D eigenvalue weighted by Crippen LogP contribution is 2.34. The third-order valence-electron chi connectivity index (χ3n) is 4.42. The van der Waals surface area contributed by atoms with Crippen molar-refractivity contribution in [3.63, 3.8) is 0 Å². The Morgan fingerprint density at radius 2 is 2.12 bits per heavy atom. The lowest BCUT2D eigenvalue weighted by Crippen LogP contribution is -2.37. The summed E-state index contributed by atoms with van der Waals surface area (Å²) in [4.78, 5) is 17.5. The number of hydrogen-bond donors (Lipinski definition) is 1. The first-order valence-electron chi connectivity index (χ1n) is 8.45. The maximum atomic E-state index is 12.9. The van der Waals surface area contributed by atoms with E-state index in [0.717, 1.165) is 30.8 Å². The molecule has 0 saturated carbocycles. The molecule has 24 heavy (non-hydrogen) atoms. The maximum absolute atomic E-state index is 12.9. The molecule has 1 N–H and O–H groups in total. The number of likely N-dealkylation sites (tertiary alicyclic amines) is 1.